The van der Waals surface area contributed by atoms with Crippen molar-refractivity contribution in [2.45, 2.75) is 26.9 Å². The van der Waals surface area contributed by atoms with Crippen molar-refractivity contribution in [3.05, 3.63) is 51.5 Å². The summed E-state index contributed by atoms with van der Waals surface area (Å²) in [6.45, 7) is 5.22. The highest BCUT2D eigenvalue weighted by Crippen LogP contribution is 2.21. The van der Waals surface area contributed by atoms with E-state index in [9.17, 15) is 14.0 Å². The maximum absolute atomic E-state index is 12.8. The Bertz CT molecular complexity index is 694. The predicted octanol–water partition coefficient (Wildman–Crippen LogP) is 3.69. The number of carbonyl (C=O) groups excluding carboxylic acids is 2. The zero-order valence-electron chi connectivity index (χ0n) is 12.5. The average Bonchev–Trinajstić information content (AvgIpc) is 2.80. The molecule has 1 N–H and O–H groups in total. The third-order valence-electron chi connectivity index (χ3n) is 3.03. The first kappa shape index (κ1) is 16.2. The molecule has 0 saturated carbocycles. The lowest BCUT2D eigenvalue weighted by atomic mass is 10.2. The molecule has 2 rings (SSSR count). The predicted molar refractivity (Wildman–Crippen MR) is 83.7 cm³/mol. The Morgan fingerprint density at radius 3 is 2.41 bits per heavy atom. The van der Waals surface area contributed by atoms with E-state index in [0.29, 0.717) is 11.3 Å². The monoisotopic (exact) mass is 321 g/mol. The summed E-state index contributed by atoms with van der Waals surface area (Å²) in [5.74, 6) is -1.38. The number of anilines is 1. The van der Waals surface area contributed by atoms with Gasteiger partial charge in [-0.2, -0.15) is 0 Å². The fraction of sp³-hybridized carbons (Fsp3) is 0.250. The van der Waals surface area contributed by atoms with Gasteiger partial charge in [-0.3, -0.25) is 4.79 Å². The number of nitrogens with one attached hydrogen (secondary N) is 1. The van der Waals surface area contributed by atoms with Crippen LogP contribution in [0.4, 0.5) is 10.1 Å². The molecule has 0 spiro atoms. The Balaban J connectivity index is 1.97. The molecule has 0 aliphatic rings. The molecule has 0 saturated heterocycles. The van der Waals surface area contributed by atoms with E-state index in [0.717, 1.165) is 9.75 Å². The summed E-state index contributed by atoms with van der Waals surface area (Å²) in [5.41, 5.74) is 0.917. The molecule has 116 valence electrons. The fourth-order valence-electron chi connectivity index (χ4n) is 1.89. The van der Waals surface area contributed by atoms with Crippen LogP contribution in [-0.2, 0) is 9.53 Å². The van der Waals surface area contributed by atoms with E-state index in [2.05, 4.69) is 5.32 Å². The molecule has 2 aromatic rings. The molecule has 0 aliphatic heterocycles. The lowest BCUT2D eigenvalue weighted by Crippen LogP contribution is -2.30. The van der Waals surface area contributed by atoms with E-state index in [1.807, 2.05) is 13.8 Å². The van der Waals surface area contributed by atoms with E-state index < -0.39 is 18.0 Å². The van der Waals surface area contributed by atoms with E-state index in [-0.39, 0.29) is 5.82 Å². The maximum atomic E-state index is 12.8. The Morgan fingerprint density at radius 2 is 1.86 bits per heavy atom. The van der Waals surface area contributed by atoms with Crippen LogP contribution in [-0.4, -0.2) is 18.0 Å². The summed E-state index contributed by atoms with van der Waals surface area (Å²) in [6, 6.07) is 7.10. The number of rotatable bonds is 4. The normalized spacial score (nSPS) is 11.8. The Kier molecular flexibility index (Phi) is 4.92. The number of esters is 1. The second-order valence-electron chi connectivity index (χ2n) is 4.87. The molecule has 0 aliphatic carbocycles. The van der Waals surface area contributed by atoms with Crippen molar-refractivity contribution in [2.24, 2.45) is 0 Å². The van der Waals surface area contributed by atoms with Crippen molar-refractivity contribution < 1.29 is 18.7 Å². The fourth-order valence-corrected chi connectivity index (χ4v) is 2.80. The molecule has 6 heteroatoms. The van der Waals surface area contributed by atoms with Crippen LogP contribution in [0.1, 0.15) is 27.0 Å². The molecule has 22 heavy (non-hydrogen) atoms. The molecule has 0 radical (unpaired) electrons. The summed E-state index contributed by atoms with van der Waals surface area (Å²) < 4.78 is 18.0. The topological polar surface area (TPSA) is 55.4 Å². The number of thiophene rings is 1. The van der Waals surface area contributed by atoms with E-state index in [1.165, 1.54) is 42.5 Å². The number of halogens is 1. The molecule has 1 heterocycles. The van der Waals surface area contributed by atoms with Gasteiger partial charge in [0.05, 0.1) is 5.56 Å². The standard InChI is InChI=1S/C16H16FNO3S/c1-9-8-14(11(3)22-9)16(20)21-10(2)15(19)18-13-6-4-12(17)5-7-13/h4-8,10H,1-3H3,(H,18,19)/t10-/m0/s1. The van der Waals surface area contributed by atoms with E-state index in [4.69, 9.17) is 4.74 Å². The third-order valence-corrected chi connectivity index (χ3v) is 3.99. The lowest BCUT2D eigenvalue weighted by molar-refractivity contribution is -0.123. The molecule has 1 aromatic heterocycles. The van der Waals surface area contributed by atoms with Gasteiger partial charge in [0, 0.05) is 15.4 Å². The molecular formula is C16H16FNO3S. The minimum absolute atomic E-state index is 0.388. The molecule has 1 aromatic carbocycles. The van der Waals surface area contributed by atoms with Gasteiger partial charge in [0.1, 0.15) is 5.82 Å². The summed E-state index contributed by atoms with van der Waals surface area (Å²) in [7, 11) is 0. The van der Waals surface area contributed by atoms with Crippen LogP contribution in [0.15, 0.2) is 30.3 Å². The number of carbonyl (C=O) groups is 2. The van der Waals surface area contributed by atoms with Crippen LogP contribution in [0.3, 0.4) is 0 Å². The second-order valence-corrected chi connectivity index (χ2v) is 6.33. The van der Waals surface area contributed by atoms with Crippen LogP contribution in [0.5, 0.6) is 0 Å². The quantitative estimate of drug-likeness (QED) is 0.874. The van der Waals surface area contributed by atoms with Gasteiger partial charge in [-0.05, 0) is 51.1 Å². The molecule has 0 fully saturated rings. The van der Waals surface area contributed by atoms with Gasteiger partial charge in [-0.1, -0.05) is 0 Å². The van der Waals surface area contributed by atoms with Gasteiger partial charge in [0.25, 0.3) is 5.91 Å². The van der Waals surface area contributed by atoms with Gasteiger partial charge in [0.2, 0.25) is 0 Å². The first-order valence-electron chi connectivity index (χ1n) is 6.71. The molecule has 0 bridgehead atoms. The highest BCUT2D eigenvalue weighted by atomic mass is 32.1. The van der Waals surface area contributed by atoms with Crippen molar-refractivity contribution in [1.82, 2.24) is 0 Å². The smallest absolute Gasteiger partial charge is 0.340 e. The second kappa shape index (κ2) is 6.70. The van der Waals surface area contributed by atoms with Gasteiger partial charge in [0.15, 0.2) is 6.10 Å². The minimum Gasteiger partial charge on any atom is -0.449 e. The van der Waals surface area contributed by atoms with Gasteiger partial charge in [-0.15, -0.1) is 11.3 Å². The largest absolute Gasteiger partial charge is 0.449 e. The summed E-state index contributed by atoms with van der Waals surface area (Å²) in [6.07, 6.45) is -0.947. The van der Waals surface area contributed by atoms with E-state index in [1.54, 1.807) is 6.07 Å². The van der Waals surface area contributed by atoms with Gasteiger partial charge >= 0.3 is 5.97 Å². The number of hydrogen-bond acceptors (Lipinski definition) is 4. The van der Waals surface area contributed by atoms with Crippen LogP contribution in [0.25, 0.3) is 0 Å². The van der Waals surface area contributed by atoms with Crippen molar-refractivity contribution in [3.63, 3.8) is 0 Å². The zero-order chi connectivity index (χ0) is 16.3. The molecular weight excluding hydrogens is 305 g/mol. The van der Waals surface area contributed by atoms with Crippen molar-refractivity contribution in [2.75, 3.05) is 5.32 Å². The summed E-state index contributed by atoms with van der Waals surface area (Å²) in [5, 5.41) is 2.57. The first-order chi connectivity index (χ1) is 10.4. The van der Waals surface area contributed by atoms with Crippen LogP contribution >= 0.6 is 11.3 Å². The SMILES string of the molecule is Cc1cc(C(=O)O[C@@H](C)C(=O)Nc2ccc(F)cc2)c(C)s1. The number of hydrogen-bond donors (Lipinski definition) is 1. The van der Waals surface area contributed by atoms with Crippen molar-refractivity contribution in [1.29, 1.82) is 0 Å². The Hall–Kier alpha value is -2.21. The maximum Gasteiger partial charge on any atom is 0.340 e. The third kappa shape index (κ3) is 3.92. The van der Waals surface area contributed by atoms with Crippen LogP contribution < -0.4 is 5.32 Å². The van der Waals surface area contributed by atoms with Crippen LogP contribution in [0.2, 0.25) is 0 Å². The number of benzene rings is 1. The average molecular weight is 321 g/mol. The van der Waals surface area contributed by atoms with Crippen molar-refractivity contribution in [3.8, 4) is 0 Å². The van der Waals surface area contributed by atoms with Gasteiger partial charge < -0.3 is 10.1 Å². The molecule has 4 nitrogen and oxygen atoms in total. The minimum atomic E-state index is -0.947. The molecule has 1 atom stereocenters. The lowest BCUT2D eigenvalue weighted by Gasteiger charge is -2.13. The summed E-state index contributed by atoms with van der Waals surface area (Å²) in [4.78, 5) is 25.9. The van der Waals surface area contributed by atoms with Crippen LogP contribution in [0, 0.1) is 19.7 Å². The van der Waals surface area contributed by atoms with Gasteiger partial charge in [-0.25, -0.2) is 9.18 Å². The highest BCUT2D eigenvalue weighted by Gasteiger charge is 2.21. The number of aryl methyl sites for hydroxylation is 2. The van der Waals surface area contributed by atoms with E-state index >= 15 is 0 Å². The number of ether oxygens (including phenoxy) is 1. The zero-order valence-corrected chi connectivity index (χ0v) is 13.3. The Morgan fingerprint density at radius 1 is 1.23 bits per heavy atom. The highest BCUT2D eigenvalue weighted by molar-refractivity contribution is 7.12. The number of amides is 1. The Labute approximate surface area is 131 Å². The van der Waals surface area contributed by atoms with Crippen molar-refractivity contribution >= 4 is 28.9 Å². The molecule has 0 unspecified atom stereocenters. The summed E-state index contributed by atoms with van der Waals surface area (Å²) >= 11 is 1.50. The first-order valence-corrected chi connectivity index (χ1v) is 7.53. The molecule has 1 amide bonds.